The van der Waals surface area contributed by atoms with E-state index in [4.69, 9.17) is 10.00 Å². The molecule has 2 aromatic heterocycles. The molecule has 0 unspecified atom stereocenters. The van der Waals surface area contributed by atoms with E-state index >= 15 is 0 Å². The van der Waals surface area contributed by atoms with Gasteiger partial charge in [0, 0.05) is 6.20 Å². The first-order valence-electron chi connectivity index (χ1n) is 7.93. The van der Waals surface area contributed by atoms with Crippen LogP contribution in [0.5, 0.6) is 0 Å². The topological polar surface area (TPSA) is 105 Å². The Kier molecular flexibility index (Phi) is 5.54. The number of aryl methyl sites for hydroxylation is 1. The molecule has 0 aliphatic carbocycles. The highest BCUT2D eigenvalue weighted by Gasteiger charge is 2.19. The summed E-state index contributed by atoms with van der Waals surface area (Å²) >= 11 is 1.16. The van der Waals surface area contributed by atoms with Crippen LogP contribution < -0.4 is 5.32 Å². The Hall–Kier alpha value is -3.57. The third kappa shape index (κ3) is 4.34. The third-order valence-corrected chi connectivity index (χ3v) is 4.68. The van der Waals surface area contributed by atoms with Gasteiger partial charge < -0.3 is 10.1 Å². The molecule has 134 valence electrons. The van der Waals surface area contributed by atoms with E-state index in [1.54, 1.807) is 49.5 Å². The van der Waals surface area contributed by atoms with Crippen LogP contribution >= 0.6 is 11.3 Å². The highest BCUT2D eigenvalue weighted by Crippen LogP contribution is 2.26. The number of esters is 1. The molecular weight excluding hydrogens is 364 g/mol. The Morgan fingerprint density at radius 2 is 2.00 bits per heavy atom. The number of ether oxygens (including phenoxy) is 1. The fourth-order valence-corrected chi connectivity index (χ4v) is 3.19. The number of nitrogens with one attached hydrogen (secondary N) is 1. The van der Waals surface area contributed by atoms with Crippen LogP contribution in [0.25, 0.3) is 10.7 Å². The quantitative estimate of drug-likeness (QED) is 0.684. The van der Waals surface area contributed by atoms with Gasteiger partial charge in [-0.1, -0.05) is 18.2 Å². The minimum absolute atomic E-state index is 0.320. The van der Waals surface area contributed by atoms with Crippen molar-refractivity contribution in [1.82, 2.24) is 9.97 Å². The van der Waals surface area contributed by atoms with Crippen LogP contribution in [0.15, 0.2) is 48.7 Å². The molecule has 0 saturated carbocycles. The maximum absolute atomic E-state index is 12.3. The maximum Gasteiger partial charge on any atom is 0.350 e. The van der Waals surface area contributed by atoms with Crippen LogP contribution in [0.2, 0.25) is 0 Å². The largest absolute Gasteiger partial charge is 0.451 e. The number of anilines is 1. The number of hydrogen-bond donors (Lipinski definition) is 1. The van der Waals surface area contributed by atoms with Crippen molar-refractivity contribution in [2.24, 2.45) is 0 Å². The van der Waals surface area contributed by atoms with Crippen molar-refractivity contribution >= 4 is 28.9 Å². The number of aromatic nitrogens is 2. The van der Waals surface area contributed by atoms with E-state index in [1.165, 1.54) is 0 Å². The van der Waals surface area contributed by atoms with E-state index in [0.29, 0.717) is 32.5 Å². The maximum atomic E-state index is 12.3. The number of hydrogen-bond acceptors (Lipinski definition) is 7. The molecule has 0 fully saturated rings. The van der Waals surface area contributed by atoms with Gasteiger partial charge in [-0.3, -0.25) is 9.78 Å². The van der Waals surface area contributed by atoms with Crippen molar-refractivity contribution < 1.29 is 14.3 Å². The Bertz CT molecular complexity index is 1020. The highest BCUT2D eigenvalue weighted by molar-refractivity contribution is 7.17. The molecule has 0 aliphatic rings. The molecule has 1 amide bonds. The zero-order valence-electron chi connectivity index (χ0n) is 14.3. The van der Waals surface area contributed by atoms with Crippen LogP contribution in [-0.2, 0) is 9.53 Å². The van der Waals surface area contributed by atoms with Crippen molar-refractivity contribution in [3.8, 4) is 16.8 Å². The van der Waals surface area contributed by atoms with Gasteiger partial charge in [-0.25, -0.2) is 9.78 Å². The number of carbonyl (C=O) groups excluding carboxylic acids is 2. The summed E-state index contributed by atoms with van der Waals surface area (Å²) in [5, 5.41) is 12.2. The lowest BCUT2D eigenvalue weighted by atomic mass is 10.2. The van der Waals surface area contributed by atoms with Gasteiger partial charge in [-0.15, -0.1) is 11.3 Å². The van der Waals surface area contributed by atoms with Crippen molar-refractivity contribution in [3.63, 3.8) is 0 Å². The number of rotatable bonds is 5. The molecule has 3 aromatic rings. The van der Waals surface area contributed by atoms with Gasteiger partial charge in [0.15, 0.2) is 6.61 Å². The van der Waals surface area contributed by atoms with Gasteiger partial charge in [0.1, 0.15) is 16.0 Å². The SMILES string of the molecule is Cc1nc(-c2ccccn2)sc1C(=O)OCC(=O)Nc1ccccc1C#N. The average molecular weight is 378 g/mol. The predicted octanol–water partition coefficient (Wildman–Crippen LogP) is 3.18. The molecule has 0 bridgehead atoms. The second kappa shape index (κ2) is 8.21. The molecule has 1 aromatic carbocycles. The summed E-state index contributed by atoms with van der Waals surface area (Å²) < 4.78 is 5.08. The molecule has 0 aliphatic heterocycles. The van der Waals surface area contributed by atoms with Crippen molar-refractivity contribution in [3.05, 3.63) is 64.8 Å². The van der Waals surface area contributed by atoms with Gasteiger partial charge in [-0.2, -0.15) is 5.26 Å². The third-order valence-electron chi connectivity index (χ3n) is 3.52. The van der Waals surface area contributed by atoms with Gasteiger partial charge in [-0.05, 0) is 31.2 Å². The van der Waals surface area contributed by atoms with Crippen LogP contribution in [0.4, 0.5) is 5.69 Å². The molecule has 0 saturated heterocycles. The molecule has 8 heteroatoms. The van der Waals surface area contributed by atoms with Gasteiger partial charge in [0.05, 0.1) is 22.6 Å². The minimum atomic E-state index is -0.629. The fraction of sp³-hybridized carbons (Fsp3) is 0.105. The average Bonchev–Trinajstić information content (AvgIpc) is 3.09. The molecule has 0 atom stereocenters. The number of nitriles is 1. The molecule has 7 nitrogen and oxygen atoms in total. The van der Waals surface area contributed by atoms with Crippen molar-refractivity contribution in [2.45, 2.75) is 6.92 Å². The first kappa shape index (κ1) is 18.2. The first-order valence-corrected chi connectivity index (χ1v) is 8.75. The highest BCUT2D eigenvalue weighted by atomic mass is 32.1. The first-order chi connectivity index (χ1) is 13.1. The lowest BCUT2D eigenvalue weighted by Gasteiger charge is -2.07. The Morgan fingerprint density at radius 3 is 2.74 bits per heavy atom. The number of amides is 1. The Morgan fingerprint density at radius 1 is 1.22 bits per heavy atom. The van der Waals surface area contributed by atoms with E-state index in [2.05, 4.69) is 15.3 Å². The minimum Gasteiger partial charge on any atom is -0.451 e. The number of nitrogens with zero attached hydrogens (tertiary/aromatic N) is 3. The molecule has 2 heterocycles. The molecule has 3 rings (SSSR count). The summed E-state index contributed by atoms with van der Waals surface area (Å²) in [5.41, 5.74) is 1.87. The summed E-state index contributed by atoms with van der Waals surface area (Å²) in [7, 11) is 0. The van der Waals surface area contributed by atoms with Crippen LogP contribution in [0.3, 0.4) is 0 Å². The number of thiazole rings is 1. The van der Waals surface area contributed by atoms with Crippen molar-refractivity contribution in [1.29, 1.82) is 5.26 Å². The van der Waals surface area contributed by atoms with E-state index in [0.717, 1.165) is 11.3 Å². The van der Waals surface area contributed by atoms with E-state index in [1.807, 2.05) is 12.1 Å². The number of benzene rings is 1. The zero-order chi connectivity index (χ0) is 19.2. The Balaban J connectivity index is 1.64. The van der Waals surface area contributed by atoms with Crippen LogP contribution in [0, 0.1) is 18.3 Å². The summed E-state index contributed by atoms with van der Waals surface area (Å²) in [5.74, 6) is -1.16. The van der Waals surface area contributed by atoms with Crippen molar-refractivity contribution in [2.75, 3.05) is 11.9 Å². The van der Waals surface area contributed by atoms with E-state index < -0.39 is 18.5 Å². The molecule has 0 spiro atoms. The monoisotopic (exact) mass is 378 g/mol. The summed E-state index contributed by atoms with van der Waals surface area (Å²) in [4.78, 5) is 33.2. The predicted molar refractivity (Wildman–Crippen MR) is 100 cm³/mol. The normalized spacial score (nSPS) is 10.1. The summed E-state index contributed by atoms with van der Waals surface area (Å²) in [6.07, 6.45) is 1.65. The van der Waals surface area contributed by atoms with Crippen LogP contribution in [-0.4, -0.2) is 28.5 Å². The van der Waals surface area contributed by atoms with Gasteiger partial charge in [0.25, 0.3) is 5.91 Å². The molecule has 0 radical (unpaired) electrons. The lowest BCUT2D eigenvalue weighted by molar-refractivity contribution is -0.119. The second-order valence-corrected chi connectivity index (χ2v) is 6.43. The number of pyridine rings is 1. The van der Waals surface area contributed by atoms with Crippen LogP contribution in [0.1, 0.15) is 20.9 Å². The second-order valence-electron chi connectivity index (χ2n) is 5.43. The number of carbonyl (C=O) groups is 2. The Labute approximate surface area is 159 Å². The fourth-order valence-electron chi connectivity index (χ4n) is 2.26. The molecule has 1 N–H and O–H groups in total. The lowest BCUT2D eigenvalue weighted by Crippen LogP contribution is -2.21. The standard InChI is InChI=1S/C19H14N4O3S/c1-12-17(27-18(22-12)15-8-4-5-9-21-15)19(25)26-11-16(24)23-14-7-3-2-6-13(14)10-20/h2-9H,11H2,1H3,(H,23,24). The smallest absolute Gasteiger partial charge is 0.350 e. The molecule has 27 heavy (non-hydrogen) atoms. The molecular formula is C19H14N4O3S. The van der Waals surface area contributed by atoms with E-state index in [9.17, 15) is 9.59 Å². The number of para-hydroxylation sites is 1. The summed E-state index contributed by atoms with van der Waals surface area (Å²) in [6, 6.07) is 14.0. The van der Waals surface area contributed by atoms with Gasteiger partial charge in [0.2, 0.25) is 0 Å². The summed E-state index contributed by atoms with van der Waals surface area (Å²) in [6.45, 7) is 1.23. The van der Waals surface area contributed by atoms with Gasteiger partial charge >= 0.3 is 5.97 Å². The zero-order valence-corrected chi connectivity index (χ0v) is 15.1. The van der Waals surface area contributed by atoms with E-state index in [-0.39, 0.29) is 0 Å².